The van der Waals surface area contributed by atoms with E-state index in [1.807, 2.05) is 39.0 Å². The molecule has 0 aliphatic carbocycles. The van der Waals surface area contributed by atoms with Gasteiger partial charge in [0.25, 0.3) is 10.0 Å². The predicted octanol–water partition coefficient (Wildman–Crippen LogP) is 3.72. The van der Waals surface area contributed by atoms with E-state index >= 15 is 0 Å². The number of hydrogen-bond acceptors (Lipinski definition) is 3. The van der Waals surface area contributed by atoms with E-state index in [1.54, 1.807) is 36.4 Å². The van der Waals surface area contributed by atoms with Gasteiger partial charge in [0, 0.05) is 18.3 Å². The Labute approximate surface area is 132 Å². The van der Waals surface area contributed by atoms with Crippen molar-refractivity contribution in [2.45, 2.75) is 31.7 Å². The van der Waals surface area contributed by atoms with Crippen molar-refractivity contribution in [1.29, 1.82) is 0 Å². The van der Waals surface area contributed by atoms with Crippen LogP contribution in [0.4, 0.5) is 11.4 Å². The fourth-order valence-corrected chi connectivity index (χ4v) is 3.74. The maximum atomic E-state index is 12.8. The molecular weight excluding hydrogens is 296 g/mol. The van der Waals surface area contributed by atoms with E-state index in [0.717, 1.165) is 5.69 Å². The third-order valence-corrected chi connectivity index (χ3v) is 5.15. The lowest BCUT2D eigenvalue weighted by atomic mass is 10.3. The summed E-state index contributed by atoms with van der Waals surface area (Å²) in [6, 6.07) is 16.3. The summed E-state index contributed by atoms with van der Waals surface area (Å²) in [5, 5.41) is 3.25. The largest absolute Gasteiger partial charge is 0.383 e. The molecule has 2 aromatic rings. The molecule has 2 aromatic carbocycles. The van der Waals surface area contributed by atoms with Gasteiger partial charge >= 0.3 is 0 Å². The quantitative estimate of drug-likeness (QED) is 0.883. The summed E-state index contributed by atoms with van der Waals surface area (Å²) in [6.45, 7) is 6.30. The highest BCUT2D eigenvalue weighted by molar-refractivity contribution is 7.92. The van der Waals surface area contributed by atoms with Crippen LogP contribution in [0.1, 0.15) is 20.8 Å². The number of nitrogens with one attached hydrogen (secondary N) is 1. The van der Waals surface area contributed by atoms with Crippen molar-refractivity contribution in [2.75, 3.05) is 16.2 Å². The molecule has 0 aliphatic heterocycles. The van der Waals surface area contributed by atoms with Crippen LogP contribution in [0.5, 0.6) is 0 Å². The first-order chi connectivity index (χ1) is 10.4. The Hall–Kier alpha value is -2.01. The Morgan fingerprint density at radius 1 is 1.00 bits per heavy atom. The highest BCUT2D eigenvalue weighted by Gasteiger charge is 2.23. The minimum Gasteiger partial charge on any atom is -0.383 e. The Balaban J connectivity index is 2.32. The lowest BCUT2D eigenvalue weighted by Crippen LogP contribution is -2.30. The summed E-state index contributed by atoms with van der Waals surface area (Å²) in [6.07, 6.45) is 0. The fourth-order valence-electron chi connectivity index (χ4n) is 2.27. The molecule has 0 saturated heterocycles. The van der Waals surface area contributed by atoms with Gasteiger partial charge in [-0.25, -0.2) is 8.42 Å². The molecule has 0 aliphatic rings. The van der Waals surface area contributed by atoms with Gasteiger partial charge in [0.1, 0.15) is 0 Å². The minimum atomic E-state index is -3.54. The Morgan fingerprint density at radius 3 is 2.09 bits per heavy atom. The zero-order chi connectivity index (χ0) is 16.2. The lowest BCUT2D eigenvalue weighted by molar-refractivity contribution is 0.592. The minimum absolute atomic E-state index is 0.299. The van der Waals surface area contributed by atoms with Gasteiger partial charge in [0.15, 0.2) is 0 Å². The SMILES string of the molecule is CCN(c1ccccc1)S(=O)(=O)c1ccc(NC(C)C)cc1. The molecule has 0 amide bonds. The van der Waals surface area contributed by atoms with Crippen molar-refractivity contribution in [3.8, 4) is 0 Å². The number of para-hydroxylation sites is 1. The third-order valence-electron chi connectivity index (χ3n) is 3.23. The highest BCUT2D eigenvalue weighted by Crippen LogP contribution is 2.24. The maximum absolute atomic E-state index is 12.8. The standard InChI is InChI=1S/C17H22N2O2S/c1-4-19(16-8-6-5-7-9-16)22(20,21)17-12-10-15(11-13-17)18-14(2)3/h5-14,18H,4H2,1-3H3. The second kappa shape index (κ2) is 6.83. The molecule has 0 radical (unpaired) electrons. The van der Waals surface area contributed by atoms with Crippen LogP contribution in [-0.2, 0) is 10.0 Å². The van der Waals surface area contributed by atoms with Gasteiger partial charge in [-0.1, -0.05) is 18.2 Å². The van der Waals surface area contributed by atoms with Crippen LogP contribution in [-0.4, -0.2) is 21.0 Å². The number of benzene rings is 2. The third kappa shape index (κ3) is 3.60. The average Bonchev–Trinajstić information content (AvgIpc) is 2.49. The molecule has 22 heavy (non-hydrogen) atoms. The summed E-state index contributed by atoms with van der Waals surface area (Å²) in [4.78, 5) is 0.299. The molecule has 0 fully saturated rings. The molecule has 4 nitrogen and oxygen atoms in total. The van der Waals surface area contributed by atoms with Gasteiger partial charge in [0.05, 0.1) is 10.6 Å². The normalized spacial score (nSPS) is 11.5. The molecular formula is C17H22N2O2S. The van der Waals surface area contributed by atoms with Crippen molar-refractivity contribution in [1.82, 2.24) is 0 Å². The zero-order valence-electron chi connectivity index (χ0n) is 13.2. The Kier molecular flexibility index (Phi) is 5.08. The average molecular weight is 318 g/mol. The Morgan fingerprint density at radius 2 is 1.59 bits per heavy atom. The topological polar surface area (TPSA) is 49.4 Å². The van der Waals surface area contributed by atoms with Crippen LogP contribution in [0, 0.1) is 0 Å². The van der Waals surface area contributed by atoms with Crippen LogP contribution in [0.3, 0.4) is 0 Å². The van der Waals surface area contributed by atoms with Crippen LogP contribution in [0.25, 0.3) is 0 Å². The first-order valence-corrected chi connectivity index (χ1v) is 8.83. The summed E-state index contributed by atoms with van der Waals surface area (Å²) < 4.78 is 27.0. The zero-order valence-corrected chi connectivity index (χ0v) is 14.0. The van der Waals surface area contributed by atoms with E-state index in [-0.39, 0.29) is 0 Å². The molecule has 0 atom stereocenters. The first-order valence-electron chi connectivity index (χ1n) is 7.39. The Bertz CT molecular complexity index is 695. The first kappa shape index (κ1) is 16.4. The van der Waals surface area contributed by atoms with Gasteiger partial charge in [-0.2, -0.15) is 0 Å². The molecule has 0 bridgehead atoms. The van der Waals surface area contributed by atoms with Crippen LogP contribution >= 0.6 is 0 Å². The smallest absolute Gasteiger partial charge is 0.264 e. The molecule has 2 rings (SSSR count). The number of hydrogen-bond donors (Lipinski definition) is 1. The molecule has 0 spiro atoms. The monoisotopic (exact) mass is 318 g/mol. The van der Waals surface area contributed by atoms with Crippen molar-refractivity contribution < 1.29 is 8.42 Å². The lowest BCUT2D eigenvalue weighted by Gasteiger charge is -2.23. The molecule has 0 aromatic heterocycles. The fraction of sp³-hybridized carbons (Fsp3) is 0.294. The predicted molar refractivity (Wildman–Crippen MR) is 91.8 cm³/mol. The number of sulfonamides is 1. The van der Waals surface area contributed by atoms with Crippen LogP contribution in [0.15, 0.2) is 59.5 Å². The summed E-state index contributed by atoms with van der Waals surface area (Å²) in [7, 11) is -3.54. The van der Waals surface area contributed by atoms with Crippen molar-refractivity contribution in [2.24, 2.45) is 0 Å². The molecule has 0 saturated carbocycles. The molecule has 0 unspecified atom stereocenters. The molecule has 0 heterocycles. The molecule has 118 valence electrons. The number of nitrogens with zero attached hydrogens (tertiary/aromatic N) is 1. The summed E-state index contributed by atoms with van der Waals surface area (Å²) >= 11 is 0. The van der Waals surface area contributed by atoms with Gasteiger partial charge in [0.2, 0.25) is 0 Å². The van der Waals surface area contributed by atoms with Gasteiger partial charge in [-0.05, 0) is 57.2 Å². The van der Waals surface area contributed by atoms with E-state index in [0.29, 0.717) is 23.2 Å². The van der Waals surface area contributed by atoms with Gasteiger partial charge in [-0.3, -0.25) is 4.31 Å². The van der Waals surface area contributed by atoms with Gasteiger partial charge < -0.3 is 5.32 Å². The van der Waals surface area contributed by atoms with E-state index in [2.05, 4.69) is 5.32 Å². The van der Waals surface area contributed by atoms with Gasteiger partial charge in [-0.15, -0.1) is 0 Å². The number of anilines is 2. The summed E-state index contributed by atoms with van der Waals surface area (Å²) in [5.74, 6) is 0. The van der Waals surface area contributed by atoms with E-state index in [1.165, 1.54) is 4.31 Å². The second-order valence-corrected chi connectivity index (χ2v) is 7.19. The van der Waals surface area contributed by atoms with Crippen molar-refractivity contribution >= 4 is 21.4 Å². The molecule has 1 N–H and O–H groups in total. The van der Waals surface area contributed by atoms with Crippen molar-refractivity contribution in [3.63, 3.8) is 0 Å². The van der Waals surface area contributed by atoms with Crippen LogP contribution < -0.4 is 9.62 Å². The second-order valence-electron chi connectivity index (χ2n) is 5.33. The number of rotatable bonds is 6. The van der Waals surface area contributed by atoms with E-state index in [9.17, 15) is 8.42 Å². The van der Waals surface area contributed by atoms with E-state index < -0.39 is 10.0 Å². The highest BCUT2D eigenvalue weighted by atomic mass is 32.2. The maximum Gasteiger partial charge on any atom is 0.264 e. The van der Waals surface area contributed by atoms with Crippen molar-refractivity contribution in [3.05, 3.63) is 54.6 Å². The van der Waals surface area contributed by atoms with E-state index in [4.69, 9.17) is 0 Å². The van der Waals surface area contributed by atoms with Crippen LogP contribution in [0.2, 0.25) is 0 Å². The summed E-state index contributed by atoms with van der Waals surface area (Å²) in [5.41, 5.74) is 1.59. The molecule has 5 heteroatoms.